The number of rotatable bonds is 0. The Kier molecular flexibility index (Phi) is 0.474. The predicted molar refractivity (Wildman–Crippen MR) is 29.2 cm³/mol. The fourth-order valence-electron chi connectivity index (χ4n) is 0.949. The van der Waals surface area contributed by atoms with Gasteiger partial charge >= 0.3 is 0 Å². The van der Waals surface area contributed by atoms with Gasteiger partial charge in [-0.25, -0.2) is 0 Å². The van der Waals surface area contributed by atoms with E-state index in [2.05, 4.69) is 11.1 Å². The van der Waals surface area contributed by atoms with Crippen molar-refractivity contribution in [1.29, 1.82) is 0 Å². The van der Waals surface area contributed by atoms with Crippen molar-refractivity contribution < 1.29 is 0 Å². The SMILES string of the molecule is C1=CC2C[C@@H]2C=N1. The number of aliphatic imine (C=N–C) groups is 1. The van der Waals surface area contributed by atoms with E-state index in [-0.39, 0.29) is 0 Å². The Bertz CT molecular complexity index is 119. The standard InChI is InChI=1S/C6H7N/c1-2-7-4-6-3-5(1)6/h1-2,4-6H,3H2/t5?,6-/m1/s1. The molecule has 1 nitrogen and oxygen atoms in total. The fraction of sp³-hybridized carbons (Fsp3) is 0.500. The van der Waals surface area contributed by atoms with Crippen molar-refractivity contribution >= 4 is 6.21 Å². The largest absolute Gasteiger partial charge is 0.269 e. The van der Waals surface area contributed by atoms with Gasteiger partial charge in [0.15, 0.2) is 0 Å². The monoisotopic (exact) mass is 93.1 g/mol. The first kappa shape index (κ1) is 3.42. The number of hydrogen-bond donors (Lipinski definition) is 0. The Hall–Kier alpha value is -0.590. The summed E-state index contributed by atoms with van der Waals surface area (Å²) in [6, 6.07) is 0. The Balaban J connectivity index is 2.28. The molecule has 7 heavy (non-hydrogen) atoms. The van der Waals surface area contributed by atoms with Gasteiger partial charge in [-0.05, 0) is 12.3 Å². The second-order valence-electron chi connectivity index (χ2n) is 2.20. The summed E-state index contributed by atoms with van der Waals surface area (Å²) in [5.74, 6) is 1.70. The van der Waals surface area contributed by atoms with E-state index in [1.807, 2.05) is 12.4 Å². The third-order valence-corrected chi connectivity index (χ3v) is 1.59. The van der Waals surface area contributed by atoms with Crippen LogP contribution in [0.1, 0.15) is 6.42 Å². The van der Waals surface area contributed by atoms with Gasteiger partial charge in [-0.1, -0.05) is 6.08 Å². The van der Waals surface area contributed by atoms with E-state index >= 15 is 0 Å². The quantitative estimate of drug-likeness (QED) is 0.427. The van der Waals surface area contributed by atoms with Crippen LogP contribution in [-0.2, 0) is 0 Å². The molecule has 1 aliphatic carbocycles. The molecule has 0 amide bonds. The van der Waals surface area contributed by atoms with Crippen molar-refractivity contribution in [2.45, 2.75) is 6.42 Å². The molecule has 1 aliphatic heterocycles. The van der Waals surface area contributed by atoms with Gasteiger partial charge < -0.3 is 0 Å². The molecule has 1 heterocycles. The van der Waals surface area contributed by atoms with Gasteiger partial charge in [0.05, 0.1) is 0 Å². The number of fused-ring (bicyclic) bond motifs is 1. The molecule has 2 aliphatic rings. The summed E-state index contributed by atoms with van der Waals surface area (Å²) in [5.41, 5.74) is 0. The number of hydrogen-bond acceptors (Lipinski definition) is 1. The van der Waals surface area contributed by atoms with E-state index in [1.165, 1.54) is 6.42 Å². The second kappa shape index (κ2) is 0.971. The van der Waals surface area contributed by atoms with Gasteiger partial charge in [-0.2, -0.15) is 0 Å². The summed E-state index contributed by atoms with van der Waals surface area (Å²) in [4.78, 5) is 3.99. The molecule has 0 bridgehead atoms. The van der Waals surface area contributed by atoms with E-state index in [9.17, 15) is 0 Å². The maximum Gasteiger partial charge on any atom is 0.0227 e. The zero-order valence-electron chi connectivity index (χ0n) is 4.04. The first-order valence-electron chi connectivity index (χ1n) is 2.67. The fourth-order valence-corrected chi connectivity index (χ4v) is 0.949. The maximum absolute atomic E-state index is 3.99. The lowest BCUT2D eigenvalue weighted by Crippen LogP contribution is -1.82. The summed E-state index contributed by atoms with van der Waals surface area (Å²) in [6.45, 7) is 0. The summed E-state index contributed by atoms with van der Waals surface area (Å²) in [5, 5.41) is 0. The molecule has 0 spiro atoms. The van der Waals surface area contributed by atoms with Gasteiger partial charge in [0, 0.05) is 18.3 Å². The molecule has 0 aromatic rings. The summed E-state index contributed by atoms with van der Waals surface area (Å²) < 4.78 is 0. The van der Waals surface area contributed by atoms with Crippen molar-refractivity contribution in [3.63, 3.8) is 0 Å². The van der Waals surface area contributed by atoms with Crippen LogP contribution in [0.15, 0.2) is 17.3 Å². The highest BCUT2D eigenvalue weighted by Crippen LogP contribution is 2.39. The maximum atomic E-state index is 3.99. The van der Waals surface area contributed by atoms with Crippen molar-refractivity contribution in [3.8, 4) is 0 Å². The van der Waals surface area contributed by atoms with Gasteiger partial charge in [0.25, 0.3) is 0 Å². The molecular formula is C6H7N. The highest BCUT2D eigenvalue weighted by atomic mass is 14.7. The van der Waals surface area contributed by atoms with Crippen molar-refractivity contribution in [2.24, 2.45) is 16.8 Å². The van der Waals surface area contributed by atoms with Gasteiger partial charge in [-0.3, -0.25) is 4.99 Å². The van der Waals surface area contributed by atoms with Crippen LogP contribution in [0.5, 0.6) is 0 Å². The van der Waals surface area contributed by atoms with E-state index in [4.69, 9.17) is 0 Å². The Labute approximate surface area is 42.8 Å². The summed E-state index contributed by atoms with van der Waals surface area (Å²) in [6.07, 6.45) is 7.48. The summed E-state index contributed by atoms with van der Waals surface area (Å²) >= 11 is 0. The first-order chi connectivity index (χ1) is 3.47. The van der Waals surface area contributed by atoms with E-state index in [0.717, 1.165) is 11.8 Å². The Morgan fingerprint density at radius 1 is 1.43 bits per heavy atom. The van der Waals surface area contributed by atoms with Crippen LogP contribution in [0.3, 0.4) is 0 Å². The van der Waals surface area contributed by atoms with Crippen LogP contribution in [0.4, 0.5) is 0 Å². The first-order valence-corrected chi connectivity index (χ1v) is 2.67. The van der Waals surface area contributed by atoms with Crippen LogP contribution < -0.4 is 0 Å². The Morgan fingerprint density at radius 2 is 2.43 bits per heavy atom. The molecule has 1 fully saturated rings. The minimum Gasteiger partial charge on any atom is -0.269 e. The molecule has 1 unspecified atom stereocenters. The van der Waals surface area contributed by atoms with Crippen LogP contribution >= 0.6 is 0 Å². The van der Waals surface area contributed by atoms with Crippen molar-refractivity contribution in [1.82, 2.24) is 0 Å². The normalized spacial score (nSPS) is 43.4. The molecular weight excluding hydrogens is 86.1 g/mol. The second-order valence-corrected chi connectivity index (χ2v) is 2.20. The molecule has 2 atom stereocenters. The van der Waals surface area contributed by atoms with E-state index in [1.54, 1.807) is 0 Å². The molecule has 0 aromatic heterocycles. The smallest absolute Gasteiger partial charge is 0.0227 e. The average molecular weight is 93.1 g/mol. The molecule has 1 saturated carbocycles. The van der Waals surface area contributed by atoms with Gasteiger partial charge in [0.1, 0.15) is 0 Å². The molecule has 2 rings (SSSR count). The molecule has 1 heteroatoms. The number of allylic oxidation sites excluding steroid dienone is 1. The minimum atomic E-state index is 0.824. The molecule has 36 valence electrons. The highest BCUT2D eigenvalue weighted by Gasteiger charge is 2.34. The van der Waals surface area contributed by atoms with Gasteiger partial charge in [0.2, 0.25) is 0 Å². The third-order valence-electron chi connectivity index (χ3n) is 1.59. The zero-order valence-corrected chi connectivity index (χ0v) is 4.04. The van der Waals surface area contributed by atoms with E-state index in [0.29, 0.717) is 0 Å². The molecule has 0 N–H and O–H groups in total. The number of nitrogens with zero attached hydrogens (tertiary/aromatic N) is 1. The van der Waals surface area contributed by atoms with Crippen LogP contribution in [-0.4, -0.2) is 6.21 Å². The lowest BCUT2D eigenvalue weighted by molar-refractivity contribution is 1.03. The van der Waals surface area contributed by atoms with Crippen LogP contribution in [0.25, 0.3) is 0 Å². The lowest BCUT2D eigenvalue weighted by Gasteiger charge is -1.87. The Morgan fingerprint density at radius 3 is 3.00 bits per heavy atom. The van der Waals surface area contributed by atoms with Crippen molar-refractivity contribution in [3.05, 3.63) is 12.3 Å². The van der Waals surface area contributed by atoms with E-state index < -0.39 is 0 Å². The predicted octanol–water partition coefficient (Wildman–Crippen LogP) is 1.22. The average Bonchev–Trinajstić information content (AvgIpc) is 2.41. The van der Waals surface area contributed by atoms with Gasteiger partial charge in [-0.15, -0.1) is 0 Å². The third kappa shape index (κ3) is 0.408. The van der Waals surface area contributed by atoms with Crippen LogP contribution in [0, 0.1) is 11.8 Å². The summed E-state index contributed by atoms with van der Waals surface area (Å²) in [7, 11) is 0. The molecule has 0 radical (unpaired) electrons. The van der Waals surface area contributed by atoms with Crippen LogP contribution in [0.2, 0.25) is 0 Å². The lowest BCUT2D eigenvalue weighted by atomic mass is 10.3. The van der Waals surface area contributed by atoms with Crippen molar-refractivity contribution in [2.75, 3.05) is 0 Å². The molecule has 0 aromatic carbocycles. The zero-order chi connectivity index (χ0) is 4.69. The topological polar surface area (TPSA) is 12.4 Å². The molecule has 0 saturated heterocycles. The minimum absolute atomic E-state index is 0.824. The highest BCUT2D eigenvalue weighted by molar-refractivity contribution is 5.67.